The molecule has 0 amide bonds. The van der Waals surface area contributed by atoms with E-state index in [2.05, 4.69) is 64.5 Å². The predicted octanol–water partition coefficient (Wildman–Crippen LogP) is 6.75. The van der Waals surface area contributed by atoms with E-state index in [-0.39, 0.29) is 0 Å². The number of hydrogen-bond donors (Lipinski definition) is 0. The van der Waals surface area contributed by atoms with Crippen LogP contribution in [0.5, 0.6) is 0 Å². The molecule has 4 rings (SSSR count). The van der Waals surface area contributed by atoms with Crippen LogP contribution >= 0.6 is 15.9 Å². The van der Waals surface area contributed by atoms with Gasteiger partial charge in [-0.15, -0.1) is 0 Å². The van der Waals surface area contributed by atoms with Gasteiger partial charge in [-0.3, -0.25) is 4.79 Å². The summed E-state index contributed by atoms with van der Waals surface area (Å²) >= 11 is 3.49. The number of halogens is 1. The van der Waals surface area contributed by atoms with Crippen molar-refractivity contribution in [1.82, 2.24) is 0 Å². The van der Waals surface area contributed by atoms with Gasteiger partial charge in [0.25, 0.3) is 0 Å². The molecule has 2 heteroatoms. The Kier molecular flexibility index (Phi) is 4.21. The molecule has 0 radical (unpaired) electrons. The van der Waals surface area contributed by atoms with Gasteiger partial charge < -0.3 is 0 Å². The van der Waals surface area contributed by atoms with Crippen molar-refractivity contribution in [1.29, 1.82) is 0 Å². The maximum atomic E-state index is 11.3. The van der Waals surface area contributed by atoms with Crippen LogP contribution in [0.3, 0.4) is 0 Å². The van der Waals surface area contributed by atoms with Crippen molar-refractivity contribution in [3.05, 3.63) is 95.0 Å². The Morgan fingerprint density at radius 3 is 1.60 bits per heavy atom. The Labute approximate surface area is 155 Å². The summed E-state index contributed by atoms with van der Waals surface area (Å²) in [6, 6.07) is 29.1. The van der Waals surface area contributed by atoms with E-state index in [1.54, 1.807) is 0 Å². The normalized spacial score (nSPS) is 10.8. The van der Waals surface area contributed by atoms with Gasteiger partial charge in [-0.25, -0.2) is 0 Å². The first-order chi connectivity index (χ1) is 12.3. The van der Waals surface area contributed by atoms with E-state index in [0.29, 0.717) is 5.56 Å². The molecule has 0 fully saturated rings. The van der Waals surface area contributed by atoms with Gasteiger partial charge in [-0.05, 0) is 57.3 Å². The predicted molar refractivity (Wildman–Crippen MR) is 108 cm³/mol. The zero-order chi connectivity index (χ0) is 17.2. The van der Waals surface area contributed by atoms with Gasteiger partial charge >= 0.3 is 0 Å². The fourth-order valence-corrected chi connectivity index (χ4v) is 3.60. The maximum absolute atomic E-state index is 11.3. The van der Waals surface area contributed by atoms with Crippen LogP contribution in [0.15, 0.2) is 89.4 Å². The lowest BCUT2D eigenvalue weighted by Crippen LogP contribution is -1.89. The molecule has 0 atom stereocenters. The number of carbonyl (C=O) groups is 1. The smallest absolute Gasteiger partial charge is 0.151 e. The van der Waals surface area contributed by atoms with Crippen molar-refractivity contribution in [2.24, 2.45) is 0 Å². The third-order valence-electron chi connectivity index (χ3n) is 4.39. The van der Waals surface area contributed by atoms with Crippen LogP contribution in [0.1, 0.15) is 10.4 Å². The molecule has 120 valence electrons. The first kappa shape index (κ1) is 15.8. The van der Waals surface area contributed by atoms with E-state index in [9.17, 15) is 4.79 Å². The first-order valence-electron chi connectivity index (χ1n) is 8.09. The molecule has 4 aromatic carbocycles. The van der Waals surface area contributed by atoms with Crippen LogP contribution in [0, 0.1) is 0 Å². The van der Waals surface area contributed by atoms with Gasteiger partial charge in [0.05, 0.1) is 0 Å². The molecule has 4 aromatic rings. The summed E-state index contributed by atoms with van der Waals surface area (Å²) < 4.78 is 0.821. The van der Waals surface area contributed by atoms with Crippen molar-refractivity contribution in [2.45, 2.75) is 0 Å². The standard InChI is InChI=1S/C23H15BrO/c24-23-14-19-13-22(17-9-5-2-6-10-17)21(16-7-3-1-4-8-16)12-18(19)11-20(23)15-25/h1-15H. The number of benzene rings is 4. The van der Waals surface area contributed by atoms with Crippen LogP contribution in [0.4, 0.5) is 0 Å². The lowest BCUT2D eigenvalue weighted by Gasteiger charge is -2.13. The molecule has 1 nitrogen and oxygen atoms in total. The zero-order valence-electron chi connectivity index (χ0n) is 13.4. The molecule has 0 saturated heterocycles. The molecule has 0 aliphatic rings. The summed E-state index contributed by atoms with van der Waals surface area (Å²) in [5, 5.41) is 2.17. The quantitative estimate of drug-likeness (QED) is 0.356. The van der Waals surface area contributed by atoms with Crippen LogP contribution in [0.25, 0.3) is 33.0 Å². The molecular weight excluding hydrogens is 372 g/mol. The van der Waals surface area contributed by atoms with E-state index >= 15 is 0 Å². The molecule has 0 aliphatic carbocycles. The summed E-state index contributed by atoms with van der Waals surface area (Å²) in [4.78, 5) is 11.3. The minimum absolute atomic E-state index is 0.666. The van der Waals surface area contributed by atoms with Gasteiger partial charge in [0.15, 0.2) is 6.29 Å². The van der Waals surface area contributed by atoms with E-state index in [4.69, 9.17) is 0 Å². The van der Waals surface area contributed by atoms with Crippen LogP contribution in [0.2, 0.25) is 0 Å². The van der Waals surface area contributed by atoms with Crippen LogP contribution in [-0.2, 0) is 0 Å². The molecule has 0 aliphatic heterocycles. The minimum Gasteiger partial charge on any atom is -0.298 e. The Morgan fingerprint density at radius 1 is 0.640 bits per heavy atom. The summed E-state index contributed by atoms with van der Waals surface area (Å²) in [7, 11) is 0. The number of rotatable bonds is 3. The highest BCUT2D eigenvalue weighted by molar-refractivity contribution is 9.10. The second-order valence-corrected chi connectivity index (χ2v) is 6.82. The monoisotopic (exact) mass is 386 g/mol. The molecule has 0 heterocycles. The van der Waals surface area contributed by atoms with Crippen molar-refractivity contribution in [2.75, 3.05) is 0 Å². The molecule has 25 heavy (non-hydrogen) atoms. The number of aldehydes is 1. The van der Waals surface area contributed by atoms with Gasteiger partial charge in [0.1, 0.15) is 0 Å². The molecule has 0 aromatic heterocycles. The van der Waals surface area contributed by atoms with Gasteiger partial charge in [-0.1, -0.05) is 76.6 Å². The molecular formula is C23H15BrO. The van der Waals surface area contributed by atoms with Gasteiger partial charge in [-0.2, -0.15) is 0 Å². The zero-order valence-corrected chi connectivity index (χ0v) is 15.0. The summed E-state index contributed by atoms with van der Waals surface area (Å²) in [6.07, 6.45) is 0.886. The Morgan fingerprint density at radius 2 is 1.12 bits per heavy atom. The lowest BCUT2D eigenvalue weighted by atomic mass is 9.91. The molecule has 0 spiro atoms. The highest BCUT2D eigenvalue weighted by atomic mass is 79.9. The van der Waals surface area contributed by atoms with Crippen molar-refractivity contribution >= 4 is 33.0 Å². The van der Waals surface area contributed by atoms with E-state index in [1.807, 2.05) is 36.4 Å². The van der Waals surface area contributed by atoms with E-state index in [1.165, 1.54) is 22.3 Å². The second-order valence-electron chi connectivity index (χ2n) is 5.97. The average Bonchev–Trinajstić information content (AvgIpc) is 2.68. The lowest BCUT2D eigenvalue weighted by molar-refractivity contribution is 0.112. The summed E-state index contributed by atoms with van der Waals surface area (Å²) in [5.74, 6) is 0. The van der Waals surface area contributed by atoms with Crippen molar-refractivity contribution in [3.63, 3.8) is 0 Å². The van der Waals surface area contributed by atoms with Gasteiger partial charge in [0, 0.05) is 10.0 Å². The largest absolute Gasteiger partial charge is 0.298 e. The highest BCUT2D eigenvalue weighted by Crippen LogP contribution is 2.37. The molecule has 0 unspecified atom stereocenters. The SMILES string of the molecule is O=Cc1cc2cc(-c3ccccc3)c(-c3ccccc3)cc2cc1Br. The number of hydrogen-bond acceptors (Lipinski definition) is 1. The maximum Gasteiger partial charge on any atom is 0.151 e. The van der Waals surface area contributed by atoms with Gasteiger partial charge in [0.2, 0.25) is 0 Å². The fourth-order valence-electron chi connectivity index (χ4n) is 3.14. The summed E-state index contributed by atoms with van der Waals surface area (Å²) in [6.45, 7) is 0. The van der Waals surface area contributed by atoms with Crippen LogP contribution in [-0.4, -0.2) is 6.29 Å². The molecule has 0 saturated carbocycles. The van der Waals surface area contributed by atoms with Crippen molar-refractivity contribution in [3.8, 4) is 22.3 Å². The Hall–Kier alpha value is -2.71. The third-order valence-corrected chi connectivity index (χ3v) is 5.08. The van der Waals surface area contributed by atoms with Crippen molar-refractivity contribution < 1.29 is 4.79 Å². The Balaban J connectivity index is 2.05. The topological polar surface area (TPSA) is 17.1 Å². The molecule has 0 bridgehead atoms. The van der Waals surface area contributed by atoms with E-state index in [0.717, 1.165) is 21.5 Å². The minimum atomic E-state index is 0.666. The Bertz CT molecular complexity index is 1050. The molecule has 0 N–H and O–H groups in total. The fraction of sp³-hybridized carbons (Fsp3) is 0. The number of fused-ring (bicyclic) bond motifs is 1. The van der Waals surface area contributed by atoms with E-state index < -0.39 is 0 Å². The van der Waals surface area contributed by atoms with Crippen LogP contribution < -0.4 is 0 Å². The third kappa shape index (κ3) is 3.01. The second kappa shape index (κ2) is 6.66. The summed E-state index contributed by atoms with van der Waals surface area (Å²) in [5.41, 5.74) is 5.36. The first-order valence-corrected chi connectivity index (χ1v) is 8.89. The number of carbonyl (C=O) groups excluding carboxylic acids is 1. The highest BCUT2D eigenvalue weighted by Gasteiger charge is 2.11. The average molecular weight is 387 g/mol.